The minimum Gasteiger partial charge on any atom is -0.373 e. The molecule has 5 nitrogen and oxygen atoms in total. The first-order valence-electron chi connectivity index (χ1n) is 7.39. The molecule has 2 aliphatic rings. The highest BCUT2D eigenvalue weighted by molar-refractivity contribution is 7.88. The van der Waals surface area contributed by atoms with Crippen LogP contribution in [0.15, 0.2) is 30.3 Å². The number of fused-ring (bicyclic) bond motifs is 1. The lowest BCUT2D eigenvalue weighted by atomic mass is 9.90. The molecule has 1 saturated heterocycles. The highest BCUT2D eigenvalue weighted by atomic mass is 32.2. The average Bonchev–Trinajstić information content (AvgIpc) is 2.47. The minimum absolute atomic E-state index is 0.0236. The summed E-state index contributed by atoms with van der Waals surface area (Å²) in [5.74, 6) is 0.0236. The number of hydrogen-bond donors (Lipinski definition) is 1. The molecule has 3 atom stereocenters. The second-order valence-electron chi connectivity index (χ2n) is 5.69. The Balaban J connectivity index is 1.58. The molecule has 0 bridgehead atoms. The van der Waals surface area contributed by atoms with Crippen molar-refractivity contribution in [2.75, 3.05) is 13.2 Å². The first kappa shape index (κ1) is 15.0. The molecular formula is C15H21NO4S. The summed E-state index contributed by atoms with van der Waals surface area (Å²) >= 11 is 0. The monoisotopic (exact) mass is 311 g/mol. The maximum Gasteiger partial charge on any atom is 0.216 e. The predicted molar refractivity (Wildman–Crippen MR) is 79.3 cm³/mol. The normalized spacial score (nSPS) is 29.8. The Morgan fingerprint density at radius 3 is 2.52 bits per heavy atom. The first-order chi connectivity index (χ1) is 10.1. The number of rotatable bonds is 4. The molecule has 0 radical (unpaired) electrons. The van der Waals surface area contributed by atoms with Crippen molar-refractivity contribution in [2.24, 2.45) is 0 Å². The molecule has 2 fully saturated rings. The van der Waals surface area contributed by atoms with Crippen molar-refractivity contribution in [3.05, 3.63) is 35.9 Å². The van der Waals surface area contributed by atoms with E-state index in [-0.39, 0.29) is 24.0 Å². The van der Waals surface area contributed by atoms with Gasteiger partial charge >= 0.3 is 0 Å². The molecule has 6 heteroatoms. The zero-order valence-electron chi connectivity index (χ0n) is 11.9. The largest absolute Gasteiger partial charge is 0.373 e. The van der Waals surface area contributed by atoms with Gasteiger partial charge in [-0.25, -0.2) is 13.1 Å². The van der Waals surface area contributed by atoms with Crippen molar-refractivity contribution in [1.29, 1.82) is 0 Å². The number of sulfonamides is 1. The van der Waals surface area contributed by atoms with E-state index in [0.29, 0.717) is 19.6 Å². The molecule has 0 amide bonds. The minimum atomic E-state index is -3.32. The number of ether oxygens (including phenoxy) is 2. The summed E-state index contributed by atoms with van der Waals surface area (Å²) in [6.45, 7) is 1.25. The SMILES string of the molecule is O=S(=O)(Cc1ccccc1)N[C@@H]1CC[C@@H]2OCCO[C@H]2C1. The van der Waals surface area contributed by atoms with Crippen LogP contribution in [0.5, 0.6) is 0 Å². The lowest BCUT2D eigenvalue weighted by molar-refractivity contribution is -0.156. The fourth-order valence-electron chi connectivity index (χ4n) is 3.06. The Labute approximate surface area is 125 Å². The topological polar surface area (TPSA) is 64.6 Å². The molecule has 0 spiro atoms. The summed E-state index contributed by atoms with van der Waals surface area (Å²) in [5, 5.41) is 0. The van der Waals surface area contributed by atoms with Gasteiger partial charge in [0.1, 0.15) is 0 Å². The van der Waals surface area contributed by atoms with E-state index < -0.39 is 10.0 Å². The van der Waals surface area contributed by atoms with Crippen LogP contribution in [-0.2, 0) is 25.2 Å². The van der Waals surface area contributed by atoms with E-state index in [1.807, 2.05) is 30.3 Å². The molecule has 1 saturated carbocycles. The summed E-state index contributed by atoms with van der Waals surface area (Å²) < 4.78 is 38.6. The van der Waals surface area contributed by atoms with E-state index in [9.17, 15) is 8.42 Å². The maximum atomic E-state index is 12.2. The van der Waals surface area contributed by atoms with Gasteiger partial charge in [-0.2, -0.15) is 0 Å². The number of nitrogens with one attached hydrogen (secondary N) is 1. The molecular weight excluding hydrogens is 290 g/mol. The molecule has 1 aliphatic heterocycles. The van der Waals surface area contributed by atoms with Gasteiger partial charge in [0.25, 0.3) is 0 Å². The van der Waals surface area contributed by atoms with Crippen LogP contribution in [0.1, 0.15) is 24.8 Å². The molecule has 1 aliphatic carbocycles. The molecule has 3 rings (SSSR count). The first-order valence-corrected chi connectivity index (χ1v) is 9.05. The van der Waals surface area contributed by atoms with Gasteiger partial charge in [-0.3, -0.25) is 0 Å². The van der Waals surface area contributed by atoms with Crippen LogP contribution in [0.25, 0.3) is 0 Å². The number of benzene rings is 1. The van der Waals surface area contributed by atoms with Crippen LogP contribution in [0, 0.1) is 0 Å². The molecule has 21 heavy (non-hydrogen) atoms. The predicted octanol–water partition coefficient (Wildman–Crippen LogP) is 1.44. The van der Waals surface area contributed by atoms with Crippen LogP contribution in [-0.4, -0.2) is 39.9 Å². The second kappa shape index (κ2) is 6.44. The highest BCUT2D eigenvalue weighted by Crippen LogP contribution is 2.27. The van der Waals surface area contributed by atoms with Crippen molar-refractivity contribution in [3.63, 3.8) is 0 Å². The Hall–Kier alpha value is -0.950. The van der Waals surface area contributed by atoms with Crippen LogP contribution < -0.4 is 4.72 Å². The van der Waals surface area contributed by atoms with Gasteiger partial charge < -0.3 is 9.47 Å². The third-order valence-corrected chi connectivity index (χ3v) is 5.43. The van der Waals surface area contributed by atoms with Gasteiger partial charge in [-0.05, 0) is 24.8 Å². The van der Waals surface area contributed by atoms with Gasteiger partial charge in [0.05, 0.1) is 31.2 Å². The molecule has 1 heterocycles. The smallest absolute Gasteiger partial charge is 0.216 e. The van der Waals surface area contributed by atoms with E-state index in [1.54, 1.807) is 0 Å². The van der Waals surface area contributed by atoms with Crippen molar-refractivity contribution in [1.82, 2.24) is 4.72 Å². The molecule has 1 N–H and O–H groups in total. The van der Waals surface area contributed by atoms with Crippen LogP contribution in [0.2, 0.25) is 0 Å². The van der Waals surface area contributed by atoms with E-state index in [2.05, 4.69) is 4.72 Å². The summed E-state index contributed by atoms with van der Waals surface area (Å²) in [5.41, 5.74) is 0.802. The van der Waals surface area contributed by atoms with E-state index in [4.69, 9.17) is 9.47 Å². The molecule has 0 aromatic heterocycles. The quantitative estimate of drug-likeness (QED) is 0.914. The lowest BCUT2D eigenvalue weighted by Gasteiger charge is -2.38. The van der Waals surface area contributed by atoms with Gasteiger partial charge in [-0.1, -0.05) is 30.3 Å². The van der Waals surface area contributed by atoms with E-state index in [1.165, 1.54) is 0 Å². The molecule has 1 aromatic carbocycles. The van der Waals surface area contributed by atoms with Crippen LogP contribution in [0.4, 0.5) is 0 Å². The van der Waals surface area contributed by atoms with E-state index in [0.717, 1.165) is 18.4 Å². The van der Waals surface area contributed by atoms with Gasteiger partial charge in [-0.15, -0.1) is 0 Å². The maximum absolute atomic E-state index is 12.2. The summed E-state index contributed by atoms with van der Waals surface area (Å²) in [6.07, 6.45) is 2.51. The van der Waals surface area contributed by atoms with E-state index >= 15 is 0 Å². The van der Waals surface area contributed by atoms with Crippen LogP contribution >= 0.6 is 0 Å². The average molecular weight is 311 g/mol. The van der Waals surface area contributed by atoms with Crippen molar-refractivity contribution in [3.8, 4) is 0 Å². The Bertz CT molecular complexity index is 560. The Kier molecular flexibility index (Phi) is 4.59. The van der Waals surface area contributed by atoms with Crippen molar-refractivity contribution in [2.45, 2.75) is 43.3 Å². The lowest BCUT2D eigenvalue weighted by Crippen LogP contribution is -2.49. The summed E-state index contributed by atoms with van der Waals surface area (Å²) in [7, 11) is -3.32. The Morgan fingerprint density at radius 1 is 1.05 bits per heavy atom. The fourth-order valence-corrected chi connectivity index (χ4v) is 4.50. The molecule has 0 unspecified atom stereocenters. The summed E-state index contributed by atoms with van der Waals surface area (Å²) in [4.78, 5) is 0. The standard InChI is InChI=1S/C15H21NO4S/c17-21(18,11-12-4-2-1-3-5-12)16-13-6-7-14-15(10-13)20-9-8-19-14/h1-5,13-16H,6-11H2/t13-,14+,15+/m1/s1. The van der Waals surface area contributed by atoms with Gasteiger partial charge in [0.15, 0.2) is 0 Å². The van der Waals surface area contributed by atoms with Gasteiger partial charge in [0, 0.05) is 6.04 Å². The molecule has 116 valence electrons. The molecule has 1 aromatic rings. The highest BCUT2D eigenvalue weighted by Gasteiger charge is 2.35. The summed E-state index contributed by atoms with van der Waals surface area (Å²) in [6, 6.07) is 9.18. The Morgan fingerprint density at radius 2 is 1.76 bits per heavy atom. The van der Waals surface area contributed by atoms with Crippen molar-refractivity contribution < 1.29 is 17.9 Å². The third kappa shape index (κ3) is 4.03. The van der Waals surface area contributed by atoms with Gasteiger partial charge in [0.2, 0.25) is 10.0 Å². The number of hydrogen-bond acceptors (Lipinski definition) is 4. The zero-order chi connectivity index (χ0) is 14.7. The fraction of sp³-hybridized carbons (Fsp3) is 0.600. The van der Waals surface area contributed by atoms with Crippen LogP contribution in [0.3, 0.4) is 0 Å². The van der Waals surface area contributed by atoms with Crippen molar-refractivity contribution >= 4 is 10.0 Å². The third-order valence-electron chi connectivity index (χ3n) is 4.02. The zero-order valence-corrected chi connectivity index (χ0v) is 12.7. The second-order valence-corrected chi connectivity index (χ2v) is 7.44.